The van der Waals surface area contributed by atoms with Crippen molar-refractivity contribution >= 4 is 11.8 Å². The summed E-state index contributed by atoms with van der Waals surface area (Å²) in [5.41, 5.74) is 6.73. The molecule has 5 heteroatoms. The Morgan fingerprint density at radius 1 is 1.71 bits per heavy atom. The Morgan fingerprint density at radius 3 is 3.21 bits per heavy atom. The third kappa shape index (κ3) is 1.26. The Bertz CT molecular complexity index is 368. The first-order valence-electron chi connectivity index (χ1n) is 4.31. The highest BCUT2D eigenvalue weighted by Crippen LogP contribution is 2.17. The third-order valence-corrected chi connectivity index (χ3v) is 2.16. The molecular formula is C9H11N3O2. The van der Waals surface area contributed by atoms with Crippen LogP contribution in [0.15, 0.2) is 28.5 Å². The quantitative estimate of drug-likeness (QED) is 0.576. The van der Waals surface area contributed by atoms with E-state index in [-0.39, 0.29) is 5.97 Å². The normalized spacial score (nSPS) is 19.5. The molecule has 0 aromatic carbocycles. The number of methoxy groups -OCH3 is 1. The molecule has 2 rings (SSSR count). The van der Waals surface area contributed by atoms with Crippen molar-refractivity contribution in [2.45, 2.75) is 0 Å². The Labute approximate surface area is 81.5 Å². The van der Waals surface area contributed by atoms with E-state index in [2.05, 4.69) is 9.73 Å². The van der Waals surface area contributed by atoms with Crippen molar-refractivity contribution in [1.82, 2.24) is 4.90 Å². The number of ether oxygens (including phenoxy) is 1. The van der Waals surface area contributed by atoms with Crippen molar-refractivity contribution in [3.05, 3.63) is 23.5 Å². The molecule has 2 N–H and O–H groups in total. The molecule has 2 aliphatic rings. The SMILES string of the molecule is COC(=O)C1=CN2CCN=C2C(N)=C1. The van der Waals surface area contributed by atoms with Crippen molar-refractivity contribution < 1.29 is 9.53 Å². The largest absolute Gasteiger partial charge is 0.465 e. The summed E-state index contributed by atoms with van der Waals surface area (Å²) in [6.45, 7) is 1.49. The lowest BCUT2D eigenvalue weighted by molar-refractivity contribution is -0.135. The van der Waals surface area contributed by atoms with Crippen LogP contribution < -0.4 is 5.73 Å². The number of rotatable bonds is 1. The number of nitrogens with two attached hydrogens (primary N) is 1. The van der Waals surface area contributed by atoms with Gasteiger partial charge < -0.3 is 15.4 Å². The van der Waals surface area contributed by atoms with Crippen LogP contribution in [0, 0.1) is 0 Å². The van der Waals surface area contributed by atoms with E-state index in [9.17, 15) is 4.79 Å². The summed E-state index contributed by atoms with van der Waals surface area (Å²) in [7, 11) is 1.35. The molecule has 0 atom stereocenters. The molecular weight excluding hydrogens is 182 g/mol. The van der Waals surface area contributed by atoms with E-state index in [1.807, 2.05) is 4.90 Å². The first-order chi connectivity index (χ1) is 6.72. The summed E-state index contributed by atoms with van der Waals surface area (Å²) in [6, 6.07) is 0. The van der Waals surface area contributed by atoms with Crippen molar-refractivity contribution in [3.8, 4) is 0 Å². The first-order valence-corrected chi connectivity index (χ1v) is 4.31. The fraction of sp³-hybridized carbons (Fsp3) is 0.333. The molecule has 0 saturated heterocycles. The van der Waals surface area contributed by atoms with E-state index < -0.39 is 0 Å². The van der Waals surface area contributed by atoms with Gasteiger partial charge in [0, 0.05) is 12.7 Å². The molecule has 74 valence electrons. The number of amidine groups is 1. The number of carbonyl (C=O) groups is 1. The predicted octanol–water partition coefficient (Wildman–Crippen LogP) is -0.386. The lowest BCUT2D eigenvalue weighted by Gasteiger charge is -2.20. The number of carbonyl (C=O) groups excluding carboxylic acids is 1. The molecule has 5 nitrogen and oxygen atoms in total. The van der Waals surface area contributed by atoms with Gasteiger partial charge in [0.25, 0.3) is 0 Å². The van der Waals surface area contributed by atoms with Crippen molar-refractivity contribution in [3.63, 3.8) is 0 Å². The number of esters is 1. The topological polar surface area (TPSA) is 67.9 Å². The summed E-state index contributed by atoms with van der Waals surface area (Å²) in [4.78, 5) is 17.3. The molecule has 14 heavy (non-hydrogen) atoms. The van der Waals surface area contributed by atoms with Gasteiger partial charge in [-0.15, -0.1) is 0 Å². The summed E-state index contributed by atoms with van der Waals surface area (Å²) in [5.74, 6) is 0.372. The lowest BCUT2D eigenvalue weighted by atomic mass is 10.1. The average Bonchev–Trinajstić information content (AvgIpc) is 2.64. The fourth-order valence-corrected chi connectivity index (χ4v) is 1.51. The zero-order valence-electron chi connectivity index (χ0n) is 7.86. The maximum Gasteiger partial charge on any atom is 0.339 e. The predicted molar refractivity (Wildman–Crippen MR) is 51.4 cm³/mol. The minimum Gasteiger partial charge on any atom is -0.465 e. The molecule has 0 bridgehead atoms. The Kier molecular flexibility index (Phi) is 1.99. The molecule has 2 aliphatic heterocycles. The van der Waals surface area contributed by atoms with Gasteiger partial charge in [-0.3, -0.25) is 4.99 Å². The van der Waals surface area contributed by atoms with Crippen LogP contribution in [0.5, 0.6) is 0 Å². The molecule has 0 aromatic heterocycles. The summed E-state index contributed by atoms with van der Waals surface area (Å²) in [6.07, 6.45) is 3.31. The van der Waals surface area contributed by atoms with E-state index in [0.717, 1.165) is 18.9 Å². The number of hydrogen-bond donors (Lipinski definition) is 1. The Hall–Kier alpha value is -1.78. The van der Waals surface area contributed by atoms with Gasteiger partial charge in [0.15, 0.2) is 5.84 Å². The van der Waals surface area contributed by atoms with Crippen LogP contribution in [0.1, 0.15) is 0 Å². The zero-order chi connectivity index (χ0) is 10.1. The van der Waals surface area contributed by atoms with Crippen LogP contribution in [0.2, 0.25) is 0 Å². The standard InChI is InChI=1S/C9H11N3O2/c1-14-9(13)6-4-7(10)8-11-2-3-12(8)5-6/h4-5H,2-3,10H2,1H3. The van der Waals surface area contributed by atoms with Crippen LogP contribution in [0.4, 0.5) is 0 Å². The highest BCUT2D eigenvalue weighted by Gasteiger charge is 2.24. The molecule has 0 saturated carbocycles. The maximum atomic E-state index is 11.2. The van der Waals surface area contributed by atoms with Crippen LogP contribution in [-0.2, 0) is 9.53 Å². The third-order valence-electron chi connectivity index (χ3n) is 2.16. The fourth-order valence-electron chi connectivity index (χ4n) is 1.51. The number of hydrogen-bond acceptors (Lipinski definition) is 5. The second-order valence-electron chi connectivity index (χ2n) is 3.07. The van der Waals surface area contributed by atoms with E-state index >= 15 is 0 Å². The van der Waals surface area contributed by atoms with Crippen molar-refractivity contribution in [2.75, 3.05) is 20.2 Å². The van der Waals surface area contributed by atoms with Gasteiger partial charge in [-0.2, -0.15) is 0 Å². The van der Waals surface area contributed by atoms with Crippen LogP contribution in [-0.4, -0.2) is 36.9 Å². The number of aliphatic imine (C=N–C) groups is 1. The van der Waals surface area contributed by atoms with Gasteiger partial charge in [0.2, 0.25) is 0 Å². The highest BCUT2D eigenvalue weighted by atomic mass is 16.5. The first kappa shape index (κ1) is 8.80. The van der Waals surface area contributed by atoms with Gasteiger partial charge in [-0.25, -0.2) is 4.79 Å². The van der Waals surface area contributed by atoms with Gasteiger partial charge >= 0.3 is 5.97 Å². The van der Waals surface area contributed by atoms with Gasteiger partial charge in [0.05, 0.1) is 24.9 Å². The van der Waals surface area contributed by atoms with Gasteiger partial charge in [0.1, 0.15) is 0 Å². The van der Waals surface area contributed by atoms with E-state index in [1.165, 1.54) is 7.11 Å². The van der Waals surface area contributed by atoms with Crippen LogP contribution >= 0.6 is 0 Å². The summed E-state index contributed by atoms with van der Waals surface area (Å²) in [5, 5.41) is 0. The number of fused-ring (bicyclic) bond motifs is 1. The smallest absolute Gasteiger partial charge is 0.339 e. The molecule has 0 aromatic rings. The second-order valence-corrected chi connectivity index (χ2v) is 3.07. The minimum absolute atomic E-state index is 0.376. The van der Waals surface area contributed by atoms with Crippen LogP contribution in [0.25, 0.3) is 0 Å². The lowest BCUT2D eigenvalue weighted by Crippen LogP contribution is -2.31. The van der Waals surface area contributed by atoms with Gasteiger partial charge in [-0.1, -0.05) is 0 Å². The molecule has 2 heterocycles. The van der Waals surface area contributed by atoms with Crippen molar-refractivity contribution in [1.29, 1.82) is 0 Å². The minimum atomic E-state index is -0.376. The second kappa shape index (κ2) is 3.17. The van der Waals surface area contributed by atoms with E-state index in [1.54, 1.807) is 12.3 Å². The maximum absolute atomic E-state index is 11.2. The zero-order valence-corrected chi connectivity index (χ0v) is 7.86. The molecule has 0 unspecified atom stereocenters. The molecule has 0 fully saturated rings. The molecule has 0 spiro atoms. The van der Waals surface area contributed by atoms with E-state index in [4.69, 9.17) is 5.73 Å². The highest BCUT2D eigenvalue weighted by molar-refractivity contribution is 6.04. The molecule has 0 radical (unpaired) electrons. The number of nitrogens with zero attached hydrogens (tertiary/aromatic N) is 2. The summed E-state index contributed by atoms with van der Waals surface area (Å²) >= 11 is 0. The Balaban J connectivity index is 2.31. The molecule has 0 aliphatic carbocycles. The average molecular weight is 193 g/mol. The van der Waals surface area contributed by atoms with Crippen molar-refractivity contribution in [2.24, 2.45) is 10.7 Å². The molecule has 0 amide bonds. The Morgan fingerprint density at radius 2 is 2.50 bits per heavy atom. The monoisotopic (exact) mass is 193 g/mol. The van der Waals surface area contributed by atoms with Gasteiger partial charge in [-0.05, 0) is 6.08 Å². The van der Waals surface area contributed by atoms with Crippen LogP contribution in [0.3, 0.4) is 0 Å². The van der Waals surface area contributed by atoms with E-state index in [0.29, 0.717) is 11.3 Å². The summed E-state index contributed by atoms with van der Waals surface area (Å²) < 4.78 is 4.61.